The van der Waals surface area contributed by atoms with E-state index in [1.165, 1.54) is 16.8 Å². The Labute approximate surface area is 135 Å². The summed E-state index contributed by atoms with van der Waals surface area (Å²) in [5, 5.41) is 11.6. The largest absolute Gasteiger partial charge is 0.339 e. The van der Waals surface area contributed by atoms with Crippen LogP contribution in [-0.2, 0) is 6.42 Å². The maximum atomic E-state index is 4.62. The molecule has 4 rings (SSSR count). The van der Waals surface area contributed by atoms with E-state index in [9.17, 15) is 0 Å². The first kappa shape index (κ1) is 13.7. The van der Waals surface area contributed by atoms with Crippen LogP contribution in [0, 0.1) is 6.92 Å². The van der Waals surface area contributed by atoms with Crippen molar-refractivity contribution in [1.29, 1.82) is 0 Å². The number of anilines is 4. The van der Waals surface area contributed by atoms with E-state index in [-0.39, 0.29) is 0 Å². The third-order valence-corrected chi connectivity index (χ3v) is 3.97. The van der Waals surface area contributed by atoms with E-state index in [0.29, 0.717) is 11.8 Å². The second-order valence-corrected chi connectivity index (χ2v) is 5.67. The Morgan fingerprint density at radius 1 is 1.09 bits per heavy atom. The van der Waals surface area contributed by atoms with Gasteiger partial charge in [-0.1, -0.05) is 30.3 Å². The van der Waals surface area contributed by atoms with Crippen molar-refractivity contribution in [2.45, 2.75) is 13.3 Å². The summed E-state index contributed by atoms with van der Waals surface area (Å²) in [5.74, 6) is 1.33. The Hall–Kier alpha value is -2.95. The Bertz CT molecular complexity index is 846. The molecule has 1 N–H and O–H groups in total. The highest BCUT2D eigenvalue weighted by Gasteiger charge is 2.22. The molecule has 5 nitrogen and oxygen atoms in total. The summed E-state index contributed by atoms with van der Waals surface area (Å²) in [7, 11) is 0. The smallest absolute Gasteiger partial charge is 0.251 e. The highest BCUT2D eigenvalue weighted by molar-refractivity contribution is 5.66. The fourth-order valence-corrected chi connectivity index (χ4v) is 2.89. The molecule has 0 aliphatic carbocycles. The number of aryl methyl sites for hydroxylation is 1. The van der Waals surface area contributed by atoms with E-state index in [0.717, 1.165) is 18.7 Å². The van der Waals surface area contributed by atoms with Crippen LogP contribution in [0.4, 0.5) is 23.1 Å². The first-order chi connectivity index (χ1) is 11.3. The van der Waals surface area contributed by atoms with Crippen molar-refractivity contribution in [1.82, 2.24) is 15.2 Å². The zero-order valence-corrected chi connectivity index (χ0v) is 12.9. The van der Waals surface area contributed by atoms with E-state index in [1.54, 1.807) is 6.20 Å². The van der Waals surface area contributed by atoms with Gasteiger partial charge in [-0.2, -0.15) is 10.1 Å². The Morgan fingerprint density at radius 3 is 2.91 bits per heavy atom. The lowest BCUT2D eigenvalue weighted by atomic mass is 10.2. The van der Waals surface area contributed by atoms with Crippen LogP contribution < -0.4 is 10.2 Å². The molecule has 5 heteroatoms. The lowest BCUT2D eigenvalue weighted by Gasteiger charge is -2.17. The van der Waals surface area contributed by atoms with Gasteiger partial charge in [-0.3, -0.25) is 0 Å². The molecule has 0 atom stereocenters. The lowest BCUT2D eigenvalue weighted by molar-refractivity contribution is 0.887. The second kappa shape index (κ2) is 5.68. The molecule has 2 aromatic carbocycles. The Morgan fingerprint density at radius 2 is 2.00 bits per heavy atom. The zero-order chi connectivity index (χ0) is 15.6. The van der Waals surface area contributed by atoms with Crippen molar-refractivity contribution in [2.75, 3.05) is 16.8 Å². The molecule has 23 heavy (non-hydrogen) atoms. The minimum Gasteiger partial charge on any atom is -0.339 e. The van der Waals surface area contributed by atoms with Gasteiger partial charge in [0, 0.05) is 17.9 Å². The predicted molar refractivity (Wildman–Crippen MR) is 91.4 cm³/mol. The highest BCUT2D eigenvalue weighted by Crippen LogP contribution is 2.32. The summed E-state index contributed by atoms with van der Waals surface area (Å²) in [6, 6.07) is 16.5. The third-order valence-electron chi connectivity index (χ3n) is 3.97. The number of para-hydroxylation sites is 1. The van der Waals surface area contributed by atoms with E-state index in [2.05, 4.69) is 62.7 Å². The van der Waals surface area contributed by atoms with E-state index >= 15 is 0 Å². The van der Waals surface area contributed by atoms with Gasteiger partial charge >= 0.3 is 0 Å². The van der Waals surface area contributed by atoms with E-state index in [4.69, 9.17) is 0 Å². The predicted octanol–water partition coefficient (Wildman–Crippen LogP) is 3.62. The topological polar surface area (TPSA) is 53.9 Å². The van der Waals surface area contributed by atoms with Crippen molar-refractivity contribution < 1.29 is 0 Å². The summed E-state index contributed by atoms with van der Waals surface area (Å²) in [4.78, 5) is 6.73. The molecule has 0 saturated heterocycles. The van der Waals surface area contributed by atoms with Gasteiger partial charge in [0.05, 0.1) is 6.20 Å². The van der Waals surface area contributed by atoms with Crippen molar-refractivity contribution in [3.8, 4) is 0 Å². The fourth-order valence-electron chi connectivity index (χ4n) is 2.89. The molecule has 114 valence electrons. The van der Waals surface area contributed by atoms with Crippen molar-refractivity contribution in [2.24, 2.45) is 0 Å². The Kier molecular flexibility index (Phi) is 3.38. The molecule has 1 aromatic heterocycles. The number of benzene rings is 2. The number of aromatic nitrogens is 3. The van der Waals surface area contributed by atoms with E-state index < -0.39 is 0 Å². The fraction of sp³-hybridized carbons (Fsp3) is 0.167. The third kappa shape index (κ3) is 2.73. The molecule has 0 amide bonds. The maximum Gasteiger partial charge on any atom is 0.251 e. The zero-order valence-electron chi connectivity index (χ0n) is 12.9. The minimum absolute atomic E-state index is 0.632. The number of hydrogen-bond donors (Lipinski definition) is 1. The first-order valence-corrected chi connectivity index (χ1v) is 7.68. The monoisotopic (exact) mass is 303 g/mol. The van der Waals surface area contributed by atoms with Crippen LogP contribution in [0.15, 0.2) is 54.7 Å². The van der Waals surface area contributed by atoms with E-state index in [1.807, 2.05) is 18.2 Å². The standard InChI is InChI=1S/C18H17N5/c1-13-5-4-7-15(11-13)20-17-12-19-22-18(21-17)23-10-9-14-6-2-3-8-16(14)23/h2-8,11-12H,9-10H2,1H3,(H,20,21,22). The molecule has 1 aliphatic heterocycles. The average Bonchev–Trinajstić information content (AvgIpc) is 2.99. The normalized spacial score (nSPS) is 13.0. The number of rotatable bonds is 3. The average molecular weight is 303 g/mol. The SMILES string of the molecule is Cc1cccc(Nc2cnnc(N3CCc4ccccc43)n2)c1. The van der Waals surface area contributed by atoms with Crippen LogP contribution in [0.2, 0.25) is 0 Å². The van der Waals surface area contributed by atoms with Crippen molar-refractivity contribution in [3.05, 3.63) is 65.9 Å². The van der Waals surface area contributed by atoms with Gasteiger partial charge in [-0.05, 0) is 42.7 Å². The number of nitrogens with one attached hydrogen (secondary N) is 1. The molecule has 0 bridgehead atoms. The van der Waals surface area contributed by atoms with Gasteiger partial charge in [-0.25, -0.2) is 0 Å². The molecule has 2 heterocycles. The van der Waals surface area contributed by atoms with Gasteiger partial charge in [0.15, 0.2) is 5.82 Å². The van der Waals surface area contributed by atoms with Gasteiger partial charge in [0.1, 0.15) is 0 Å². The van der Waals surface area contributed by atoms with Crippen molar-refractivity contribution >= 4 is 23.1 Å². The summed E-state index contributed by atoms with van der Waals surface area (Å²) >= 11 is 0. The van der Waals surface area contributed by atoms with Crippen LogP contribution >= 0.6 is 0 Å². The van der Waals surface area contributed by atoms with Crippen molar-refractivity contribution in [3.63, 3.8) is 0 Å². The van der Waals surface area contributed by atoms with Gasteiger partial charge in [0.25, 0.3) is 5.95 Å². The molecule has 0 spiro atoms. The second-order valence-electron chi connectivity index (χ2n) is 5.67. The quantitative estimate of drug-likeness (QED) is 0.801. The first-order valence-electron chi connectivity index (χ1n) is 7.68. The summed E-state index contributed by atoms with van der Waals surface area (Å²) in [5.41, 5.74) is 4.69. The van der Waals surface area contributed by atoms with Gasteiger partial charge < -0.3 is 10.2 Å². The molecule has 1 aliphatic rings. The molecule has 0 saturated carbocycles. The van der Waals surface area contributed by atoms with Gasteiger partial charge in [0.2, 0.25) is 0 Å². The summed E-state index contributed by atoms with van der Waals surface area (Å²) in [6.45, 7) is 2.95. The molecule has 3 aromatic rings. The molecule has 0 fully saturated rings. The summed E-state index contributed by atoms with van der Waals surface area (Å²) in [6.07, 6.45) is 2.66. The van der Waals surface area contributed by atoms with Crippen LogP contribution in [-0.4, -0.2) is 21.7 Å². The molecule has 0 unspecified atom stereocenters. The molecular weight excluding hydrogens is 286 g/mol. The molecule has 0 radical (unpaired) electrons. The summed E-state index contributed by atoms with van der Waals surface area (Å²) < 4.78 is 0. The van der Waals surface area contributed by atoms with Gasteiger partial charge in [-0.15, -0.1) is 5.10 Å². The van der Waals surface area contributed by atoms with Crippen LogP contribution in [0.3, 0.4) is 0 Å². The molecular formula is C18H17N5. The number of hydrogen-bond acceptors (Lipinski definition) is 5. The Balaban J connectivity index is 1.62. The number of fused-ring (bicyclic) bond motifs is 1. The van der Waals surface area contributed by atoms with Crippen LogP contribution in [0.25, 0.3) is 0 Å². The lowest BCUT2D eigenvalue weighted by Crippen LogP contribution is -2.17. The van der Waals surface area contributed by atoms with Crippen LogP contribution in [0.1, 0.15) is 11.1 Å². The highest BCUT2D eigenvalue weighted by atomic mass is 15.3. The maximum absolute atomic E-state index is 4.62. The number of nitrogens with zero attached hydrogens (tertiary/aromatic N) is 4. The minimum atomic E-state index is 0.632. The van der Waals surface area contributed by atoms with Crippen LogP contribution in [0.5, 0.6) is 0 Å².